The van der Waals surface area contributed by atoms with E-state index in [1.54, 1.807) is 0 Å². The predicted molar refractivity (Wildman–Crippen MR) is 178 cm³/mol. The summed E-state index contributed by atoms with van der Waals surface area (Å²) < 4.78 is 16.0. The first kappa shape index (κ1) is 42.1. The molecule has 0 saturated heterocycles. The van der Waals surface area contributed by atoms with Gasteiger partial charge in [0.2, 0.25) is 0 Å². The number of carboxylic acids is 3. The van der Waals surface area contributed by atoms with Crippen LogP contribution in [0.25, 0.3) is 0 Å². The monoisotopic (exact) mass is 678 g/mol. The third-order valence-corrected chi connectivity index (χ3v) is 7.95. The van der Waals surface area contributed by atoms with E-state index in [-0.39, 0.29) is 19.8 Å². The maximum absolute atomic E-state index is 13.6. The molecule has 0 aliphatic rings. The van der Waals surface area contributed by atoms with Gasteiger partial charge in [-0.05, 0) is 19.3 Å². The van der Waals surface area contributed by atoms with E-state index in [1.807, 2.05) is 0 Å². The number of carboxylic acid groups (broad SMARTS) is 3. The summed E-state index contributed by atoms with van der Waals surface area (Å²) >= 11 is 0. The van der Waals surface area contributed by atoms with Gasteiger partial charge in [-0.15, -0.1) is 0 Å². The molecule has 0 unspecified atom stereocenters. The first-order chi connectivity index (χ1) is 23.0. The molecule has 0 aliphatic carbocycles. The number of carbonyl (C=O) groups is 6. The lowest BCUT2D eigenvalue weighted by Gasteiger charge is -2.20. The van der Waals surface area contributed by atoms with E-state index in [1.165, 1.54) is 0 Å². The summed E-state index contributed by atoms with van der Waals surface area (Å²) in [7, 11) is 0. The second-order valence-electron chi connectivity index (χ2n) is 11.9. The number of hydrogen-bond donors (Lipinski definition) is 3. The summed E-state index contributed by atoms with van der Waals surface area (Å²) in [5.74, 6) is -10.2. The second-order valence-corrected chi connectivity index (χ2v) is 11.9. The summed E-state index contributed by atoms with van der Waals surface area (Å²) in [5, 5.41) is 30.3. The first-order valence-corrected chi connectivity index (χ1v) is 17.5. The van der Waals surface area contributed by atoms with E-state index in [0.29, 0.717) is 38.5 Å². The molecule has 0 spiro atoms. The van der Waals surface area contributed by atoms with Crippen LogP contribution in [-0.4, -0.2) is 71.0 Å². The van der Waals surface area contributed by atoms with Crippen LogP contribution in [0, 0.1) is 0 Å². The molecule has 0 bridgehead atoms. The van der Waals surface area contributed by atoms with Crippen LogP contribution < -0.4 is 0 Å². The molecule has 1 aromatic rings. The zero-order chi connectivity index (χ0) is 35.9. The smallest absolute Gasteiger partial charge is 0.339 e. The van der Waals surface area contributed by atoms with Crippen molar-refractivity contribution in [3.05, 3.63) is 33.4 Å². The Kier molecular flexibility index (Phi) is 21.2. The lowest BCUT2D eigenvalue weighted by molar-refractivity contribution is 0.0421. The number of benzene rings is 1. The van der Waals surface area contributed by atoms with E-state index in [0.717, 1.165) is 77.0 Å². The predicted octanol–water partition coefficient (Wildman–Crippen LogP) is 8.33. The SMILES string of the molecule is CCCCCCCCOC(=O)c1c(C(=O)O)c(C(=O)O)c(C(=O)O)c(C(=O)OCCCCCCCC)c1C(=O)OCCCCCCCC. The summed E-state index contributed by atoms with van der Waals surface area (Å²) in [6.45, 7) is 5.67. The molecule has 0 aliphatic heterocycles. The van der Waals surface area contributed by atoms with Gasteiger partial charge in [0.05, 0.1) is 53.2 Å². The third kappa shape index (κ3) is 14.0. The van der Waals surface area contributed by atoms with Crippen molar-refractivity contribution in [3.63, 3.8) is 0 Å². The normalized spacial score (nSPS) is 10.8. The molecule has 12 heteroatoms. The molecule has 12 nitrogen and oxygen atoms in total. The van der Waals surface area contributed by atoms with E-state index in [9.17, 15) is 44.1 Å². The molecule has 0 amide bonds. The highest BCUT2D eigenvalue weighted by Crippen LogP contribution is 2.32. The van der Waals surface area contributed by atoms with Crippen LogP contribution in [0.5, 0.6) is 0 Å². The number of carbonyl (C=O) groups excluding carboxylic acids is 3. The van der Waals surface area contributed by atoms with Crippen LogP contribution in [0.4, 0.5) is 0 Å². The van der Waals surface area contributed by atoms with Gasteiger partial charge in [0.15, 0.2) is 0 Å². The van der Waals surface area contributed by atoms with Gasteiger partial charge in [-0.1, -0.05) is 117 Å². The number of aromatic carboxylic acids is 3. The van der Waals surface area contributed by atoms with Gasteiger partial charge in [0, 0.05) is 0 Å². The van der Waals surface area contributed by atoms with Crippen LogP contribution in [-0.2, 0) is 14.2 Å². The van der Waals surface area contributed by atoms with E-state index in [2.05, 4.69) is 20.8 Å². The highest BCUT2D eigenvalue weighted by atomic mass is 16.5. The van der Waals surface area contributed by atoms with E-state index < -0.39 is 69.2 Å². The second kappa shape index (κ2) is 24.2. The molecule has 0 aromatic heterocycles. The Balaban J connectivity index is 3.67. The molecule has 1 aromatic carbocycles. The van der Waals surface area contributed by atoms with Crippen molar-refractivity contribution < 1.29 is 58.3 Å². The standard InChI is InChI=1S/C36H54O12/c1-4-7-10-13-16-19-22-46-34(43)28-26(32(39)40)25(31(37)38)27(33(41)42)29(35(44)47-23-20-17-14-11-8-5-2)30(28)36(45)48-24-21-18-15-12-9-6-3/h4-24H2,1-3H3,(H,37,38)(H,39,40)(H,41,42). The van der Waals surface area contributed by atoms with Crippen LogP contribution in [0.15, 0.2) is 0 Å². The molecule has 0 atom stereocenters. The molecule has 48 heavy (non-hydrogen) atoms. The summed E-state index contributed by atoms with van der Waals surface area (Å²) in [4.78, 5) is 78.2. The average molecular weight is 679 g/mol. The van der Waals surface area contributed by atoms with Crippen molar-refractivity contribution in [1.82, 2.24) is 0 Å². The van der Waals surface area contributed by atoms with Crippen LogP contribution in [0.1, 0.15) is 198 Å². The molecule has 0 saturated carbocycles. The molecule has 270 valence electrons. The lowest BCUT2D eigenvalue weighted by atomic mass is 9.85. The average Bonchev–Trinajstić information content (AvgIpc) is 3.05. The number of rotatable bonds is 27. The Bertz CT molecular complexity index is 1150. The summed E-state index contributed by atoms with van der Waals surface area (Å²) in [5.41, 5.74) is -7.04. The van der Waals surface area contributed by atoms with Gasteiger partial charge in [0.1, 0.15) is 0 Å². The zero-order valence-corrected chi connectivity index (χ0v) is 28.9. The fourth-order valence-electron chi connectivity index (χ4n) is 5.36. The van der Waals surface area contributed by atoms with Crippen molar-refractivity contribution in [2.45, 2.75) is 136 Å². The summed E-state index contributed by atoms with van der Waals surface area (Å²) in [6.07, 6.45) is 15.1. The van der Waals surface area contributed by atoms with Gasteiger partial charge < -0.3 is 29.5 Å². The maximum atomic E-state index is 13.6. The van der Waals surface area contributed by atoms with Gasteiger partial charge in [-0.25, -0.2) is 28.8 Å². The zero-order valence-electron chi connectivity index (χ0n) is 28.9. The van der Waals surface area contributed by atoms with Crippen LogP contribution >= 0.6 is 0 Å². The van der Waals surface area contributed by atoms with Gasteiger partial charge in [0.25, 0.3) is 0 Å². The van der Waals surface area contributed by atoms with Crippen LogP contribution in [0.3, 0.4) is 0 Å². The largest absolute Gasteiger partial charge is 0.478 e. The quantitative estimate of drug-likeness (QED) is 0.0458. The molecule has 3 N–H and O–H groups in total. The number of esters is 3. The minimum atomic E-state index is -2.04. The molecule has 1 rings (SSSR count). The van der Waals surface area contributed by atoms with E-state index >= 15 is 0 Å². The Morgan fingerprint density at radius 2 is 0.562 bits per heavy atom. The van der Waals surface area contributed by atoms with E-state index in [4.69, 9.17) is 14.2 Å². The Morgan fingerprint density at radius 3 is 0.812 bits per heavy atom. The Morgan fingerprint density at radius 1 is 0.354 bits per heavy atom. The minimum absolute atomic E-state index is 0.172. The minimum Gasteiger partial charge on any atom is -0.478 e. The van der Waals surface area contributed by atoms with Crippen molar-refractivity contribution in [3.8, 4) is 0 Å². The molecule has 0 radical (unpaired) electrons. The topological polar surface area (TPSA) is 191 Å². The summed E-state index contributed by atoms with van der Waals surface area (Å²) in [6, 6.07) is 0. The molecule has 0 fully saturated rings. The van der Waals surface area contributed by atoms with Crippen molar-refractivity contribution >= 4 is 35.8 Å². The van der Waals surface area contributed by atoms with Crippen molar-refractivity contribution in [2.24, 2.45) is 0 Å². The molecule has 0 heterocycles. The number of unbranched alkanes of at least 4 members (excludes halogenated alkanes) is 15. The lowest BCUT2D eigenvalue weighted by Crippen LogP contribution is -2.30. The maximum Gasteiger partial charge on any atom is 0.339 e. The fourth-order valence-corrected chi connectivity index (χ4v) is 5.36. The Hall–Kier alpha value is -3.96. The number of ether oxygens (including phenoxy) is 3. The highest BCUT2D eigenvalue weighted by molar-refractivity contribution is 6.23. The van der Waals surface area contributed by atoms with Gasteiger partial charge in [-0.2, -0.15) is 0 Å². The Labute approximate surface area is 283 Å². The van der Waals surface area contributed by atoms with Gasteiger partial charge in [-0.3, -0.25) is 0 Å². The fraction of sp³-hybridized carbons (Fsp3) is 0.667. The molecular formula is C36H54O12. The van der Waals surface area contributed by atoms with Gasteiger partial charge >= 0.3 is 35.8 Å². The third-order valence-electron chi connectivity index (χ3n) is 7.95. The molecular weight excluding hydrogens is 624 g/mol. The number of hydrogen-bond acceptors (Lipinski definition) is 9. The van der Waals surface area contributed by atoms with Crippen LogP contribution in [0.2, 0.25) is 0 Å². The van der Waals surface area contributed by atoms with Crippen molar-refractivity contribution in [1.29, 1.82) is 0 Å². The highest BCUT2D eigenvalue weighted by Gasteiger charge is 2.42. The first-order valence-electron chi connectivity index (χ1n) is 17.5. The van der Waals surface area contributed by atoms with Crippen molar-refractivity contribution in [2.75, 3.05) is 19.8 Å².